The van der Waals surface area contributed by atoms with Gasteiger partial charge in [-0.25, -0.2) is 8.42 Å². The molecule has 30 heavy (non-hydrogen) atoms. The van der Waals surface area contributed by atoms with Gasteiger partial charge in [-0.1, -0.05) is 43.2 Å². The topological polar surface area (TPSA) is 66.9 Å². The largest absolute Gasteiger partial charge is 0.379 e. The molecule has 6 nitrogen and oxygen atoms in total. The van der Waals surface area contributed by atoms with E-state index in [4.69, 9.17) is 4.74 Å². The Balaban J connectivity index is 1.51. The Morgan fingerprint density at radius 3 is 2.57 bits per heavy atom. The Morgan fingerprint density at radius 2 is 1.80 bits per heavy atom. The maximum Gasteiger partial charge on any atom is 0.224 e. The number of hydrogen-bond donors (Lipinski definition) is 0. The SMILES string of the molecule is O=C1CC2(CCCCC2Cc2ccccc2)S(=O)(=O)CCN1CCN1CCOCC1. The van der Waals surface area contributed by atoms with Gasteiger partial charge in [-0.15, -0.1) is 0 Å². The normalized spacial score (nSPS) is 30.3. The number of hydrogen-bond acceptors (Lipinski definition) is 5. The summed E-state index contributed by atoms with van der Waals surface area (Å²) in [5.74, 6) is 0.124. The van der Waals surface area contributed by atoms with Crippen molar-refractivity contribution in [1.82, 2.24) is 9.80 Å². The number of benzene rings is 1. The molecule has 1 aliphatic carbocycles. The number of morpholine rings is 1. The second-order valence-corrected chi connectivity index (χ2v) is 11.5. The standard InChI is InChI=1S/C23H34N2O4S/c26-22-19-23(9-5-4-8-21(23)18-20-6-2-1-3-7-20)30(27,28)17-14-25(22)11-10-24-12-15-29-16-13-24/h1-3,6-7,21H,4-5,8-19H2. The van der Waals surface area contributed by atoms with E-state index in [0.717, 1.165) is 58.5 Å². The molecule has 1 saturated carbocycles. The number of carbonyl (C=O) groups excluding carboxylic acids is 1. The molecule has 1 aromatic carbocycles. The van der Waals surface area contributed by atoms with Gasteiger partial charge in [0.25, 0.3) is 0 Å². The highest BCUT2D eigenvalue weighted by Gasteiger charge is 2.53. The van der Waals surface area contributed by atoms with Crippen molar-refractivity contribution >= 4 is 15.7 Å². The lowest BCUT2D eigenvalue weighted by atomic mass is 9.73. The maximum atomic E-state index is 13.6. The van der Waals surface area contributed by atoms with Crippen LogP contribution in [-0.2, 0) is 25.8 Å². The van der Waals surface area contributed by atoms with Gasteiger partial charge < -0.3 is 9.64 Å². The molecule has 3 aliphatic rings. The molecule has 2 atom stereocenters. The zero-order valence-corrected chi connectivity index (χ0v) is 18.6. The van der Waals surface area contributed by atoms with Crippen LogP contribution in [0.15, 0.2) is 30.3 Å². The summed E-state index contributed by atoms with van der Waals surface area (Å²) in [5, 5.41) is 0. The lowest BCUT2D eigenvalue weighted by Gasteiger charge is -2.42. The van der Waals surface area contributed by atoms with E-state index in [1.54, 1.807) is 4.90 Å². The van der Waals surface area contributed by atoms with Crippen molar-refractivity contribution < 1.29 is 17.9 Å². The molecule has 2 saturated heterocycles. The second kappa shape index (κ2) is 9.37. The van der Waals surface area contributed by atoms with Crippen molar-refractivity contribution in [2.24, 2.45) is 5.92 Å². The van der Waals surface area contributed by atoms with Gasteiger partial charge >= 0.3 is 0 Å². The Hall–Kier alpha value is -1.44. The maximum absolute atomic E-state index is 13.6. The smallest absolute Gasteiger partial charge is 0.224 e. The number of rotatable bonds is 5. The number of carbonyl (C=O) groups is 1. The minimum Gasteiger partial charge on any atom is -0.379 e. The molecule has 0 aromatic heterocycles. The van der Waals surface area contributed by atoms with Crippen LogP contribution in [0, 0.1) is 5.92 Å². The highest BCUT2D eigenvalue weighted by atomic mass is 32.2. The van der Waals surface area contributed by atoms with E-state index < -0.39 is 14.6 Å². The predicted molar refractivity (Wildman–Crippen MR) is 117 cm³/mol. The van der Waals surface area contributed by atoms with Gasteiger partial charge in [-0.05, 0) is 30.7 Å². The number of amides is 1. The van der Waals surface area contributed by atoms with Crippen LogP contribution in [0.2, 0.25) is 0 Å². The summed E-state index contributed by atoms with van der Waals surface area (Å²) in [6.07, 6.45) is 4.33. The van der Waals surface area contributed by atoms with Crippen LogP contribution in [0.1, 0.15) is 37.7 Å². The molecule has 1 aromatic rings. The zero-order valence-electron chi connectivity index (χ0n) is 17.8. The van der Waals surface area contributed by atoms with Gasteiger partial charge in [0.2, 0.25) is 5.91 Å². The predicted octanol–water partition coefficient (Wildman–Crippen LogP) is 2.14. The average molecular weight is 435 g/mol. The Labute approximate surface area is 180 Å². The zero-order chi connectivity index (χ0) is 21.0. The van der Waals surface area contributed by atoms with Gasteiger partial charge in [-0.2, -0.15) is 0 Å². The molecule has 3 fully saturated rings. The molecule has 4 rings (SSSR count). The first-order chi connectivity index (χ1) is 14.5. The molecule has 2 unspecified atom stereocenters. The first kappa shape index (κ1) is 21.8. The molecule has 2 heterocycles. The number of sulfone groups is 1. The minimum atomic E-state index is -3.36. The summed E-state index contributed by atoms with van der Waals surface area (Å²) < 4.78 is 31.6. The van der Waals surface area contributed by atoms with Crippen LogP contribution in [0.25, 0.3) is 0 Å². The van der Waals surface area contributed by atoms with Crippen molar-refractivity contribution in [2.75, 3.05) is 51.7 Å². The van der Waals surface area contributed by atoms with Crippen LogP contribution < -0.4 is 0 Å². The van der Waals surface area contributed by atoms with Crippen LogP contribution >= 0.6 is 0 Å². The van der Waals surface area contributed by atoms with E-state index in [1.807, 2.05) is 18.2 Å². The van der Waals surface area contributed by atoms with Crippen LogP contribution in [-0.4, -0.2) is 80.6 Å². The monoisotopic (exact) mass is 434 g/mol. The molecular formula is C23H34N2O4S. The molecule has 1 spiro atoms. The third-order valence-corrected chi connectivity index (χ3v) is 9.95. The van der Waals surface area contributed by atoms with Crippen LogP contribution in [0.3, 0.4) is 0 Å². The van der Waals surface area contributed by atoms with E-state index in [-0.39, 0.29) is 24.0 Å². The first-order valence-corrected chi connectivity index (χ1v) is 13.0. The van der Waals surface area contributed by atoms with Crippen LogP contribution in [0.5, 0.6) is 0 Å². The lowest BCUT2D eigenvalue weighted by molar-refractivity contribution is -0.132. The summed E-state index contributed by atoms with van der Waals surface area (Å²) in [6, 6.07) is 10.1. The third-order valence-electron chi connectivity index (χ3n) is 7.31. The van der Waals surface area contributed by atoms with Crippen molar-refractivity contribution in [3.8, 4) is 0 Å². The van der Waals surface area contributed by atoms with Crippen LogP contribution in [0.4, 0.5) is 0 Å². The van der Waals surface area contributed by atoms with E-state index in [1.165, 1.54) is 5.56 Å². The lowest BCUT2D eigenvalue weighted by Crippen LogP contribution is -2.50. The molecule has 7 heteroatoms. The second-order valence-electron chi connectivity index (χ2n) is 9.03. The Morgan fingerprint density at radius 1 is 1.03 bits per heavy atom. The fraction of sp³-hybridized carbons (Fsp3) is 0.696. The van der Waals surface area contributed by atoms with Crippen molar-refractivity contribution in [1.29, 1.82) is 0 Å². The molecule has 0 radical (unpaired) electrons. The Kier molecular flexibility index (Phi) is 6.80. The molecule has 166 valence electrons. The average Bonchev–Trinajstić information content (AvgIpc) is 2.85. The fourth-order valence-electron chi connectivity index (χ4n) is 5.47. The van der Waals surface area contributed by atoms with Crippen molar-refractivity contribution in [3.05, 3.63) is 35.9 Å². The Bertz CT molecular complexity index is 823. The summed E-state index contributed by atoms with van der Waals surface area (Å²) in [4.78, 5) is 17.4. The third kappa shape index (κ3) is 4.58. The highest BCUT2D eigenvalue weighted by Crippen LogP contribution is 2.46. The number of ether oxygens (including phenoxy) is 1. The highest BCUT2D eigenvalue weighted by molar-refractivity contribution is 7.92. The summed E-state index contributed by atoms with van der Waals surface area (Å²) in [5.41, 5.74) is 1.17. The summed E-state index contributed by atoms with van der Waals surface area (Å²) >= 11 is 0. The van der Waals surface area contributed by atoms with E-state index in [0.29, 0.717) is 19.5 Å². The fourth-order valence-corrected chi connectivity index (χ4v) is 7.85. The van der Waals surface area contributed by atoms with Crippen molar-refractivity contribution in [3.63, 3.8) is 0 Å². The summed E-state index contributed by atoms with van der Waals surface area (Å²) in [7, 11) is -3.36. The molecule has 2 aliphatic heterocycles. The van der Waals surface area contributed by atoms with Gasteiger partial charge in [0, 0.05) is 39.1 Å². The van der Waals surface area contributed by atoms with Gasteiger partial charge in [0.1, 0.15) is 0 Å². The van der Waals surface area contributed by atoms with Gasteiger partial charge in [0.05, 0.1) is 23.7 Å². The molecular weight excluding hydrogens is 400 g/mol. The van der Waals surface area contributed by atoms with Gasteiger partial charge in [-0.3, -0.25) is 9.69 Å². The minimum absolute atomic E-state index is 0.0155. The number of nitrogens with zero attached hydrogens (tertiary/aromatic N) is 2. The molecule has 0 bridgehead atoms. The summed E-state index contributed by atoms with van der Waals surface area (Å²) in [6.45, 7) is 4.93. The van der Waals surface area contributed by atoms with E-state index in [9.17, 15) is 13.2 Å². The van der Waals surface area contributed by atoms with Gasteiger partial charge in [0.15, 0.2) is 9.84 Å². The van der Waals surface area contributed by atoms with Crippen molar-refractivity contribution in [2.45, 2.75) is 43.3 Å². The van der Waals surface area contributed by atoms with E-state index >= 15 is 0 Å². The quantitative estimate of drug-likeness (QED) is 0.710. The first-order valence-electron chi connectivity index (χ1n) is 11.3. The molecule has 0 N–H and O–H groups in total. The molecule has 1 amide bonds. The van der Waals surface area contributed by atoms with E-state index in [2.05, 4.69) is 17.0 Å².